The van der Waals surface area contributed by atoms with Crippen molar-refractivity contribution >= 4 is 23.4 Å². The number of thioether (sulfide) groups is 1. The number of aliphatic hydroxyl groups is 1. The summed E-state index contributed by atoms with van der Waals surface area (Å²) in [5.41, 5.74) is 5.01. The zero-order chi connectivity index (χ0) is 35.1. The molecule has 7 rings (SSSR count). The highest BCUT2D eigenvalue weighted by Gasteiger charge is 2.68. The summed E-state index contributed by atoms with van der Waals surface area (Å²) >= 11 is 8.51. The lowest BCUT2D eigenvalue weighted by Crippen LogP contribution is -2.67. The third-order valence-electron chi connectivity index (χ3n) is 9.55. The van der Waals surface area contributed by atoms with E-state index in [9.17, 15) is 5.11 Å². The lowest BCUT2D eigenvalue weighted by molar-refractivity contribution is -0.307. The predicted molar refractivity (Wildman–Crippen MR) is 202 cm³/mol. The maximum atomic E-state index is 11.2. The van der Waals surface area contributed by atoms with Crippen molar-refractivity contribution in [2.24, 2.45) is 0 Å². The minimum absolute atomic E-state index is 0.246. The Kier molecular flexibility index (Phi) is 11.5. The maximum absolute atomic E-state index is 11.2. The summed E-state index contributed by atoms with van der Waals surface area (Å²) in [6, 6.07) is 44.4. The van der Waals surface area contributed by atoms with Gasteiger partial charge in [-0.3, -0.25) is 0 Å². The van der Waals surface area contributed by atoms with E-state index in [-0.39, 0.29) is 6.61 Å². The molecule has 264 valence electrons. The van der Waals surface area contributed by atoms with Crippen LogP contribution < -0.4 is 4.74 Å². The molecule has 0 unspecified atom stereocenters. The highest BCUT2D eigenvalue weighted by molar-refractivity contribution is 8.00. The molecule has 1 N–H and O–H groups in total. The molecule has 2 bridgehead atoms. The zero-order valence-electron chi connectivity index (χ0n) is 28.7. The smallest absolute Gasteiger partial charge is 0.169 e. The highest BCUT2D eigenvalue weighted by Crippen LogP contribution is 2.59. The van der Waals surface area contributed by atoms with Gasteiger partial charge in [-0.05, 0) is 64.9 Å². The van der Waals surface area contributed by atoms with E-state index in [1.54, 1.807) is 11.8 Å². The summed E-state index contributed by atoms with van der Waals surface area (Å²) in [5.74, 6) is 1.32. The van der Waals surface area contributed by atoms with Crippen LogP contribution in [0.4, 0.5) is 0 Å². The fourth-order valence-electron chi connectivity index (χ4n) is 6.95. The van der Waals surface area contributed by atoms with Crippen LogP contribution >= 0.6 is 23.4 Å². The molecule has 0 saturated carbocycles. The molecule has 0 aromatic heterocycles. The first kappa shape index (κ1) is 35.7. The second-order valence-corrected chi connectivity index (χ2v) is 14.6. The van der Waals surface area contributed by atoms with Gasteiger partial charge in [-0.1, -0.05) is 127 Å². The van der Waals surface area contributed by atoms with Crippen molar-refractivity contribution in [3.05, 3.63) is 172 Å². The Labute approximate surface area is 309 Å². The lowest BCUT2D eigenvalue weighted by atomic mass is 9.83. The highest BCUT2D eigenvalue weighted by atomic mass is 35.5. The molecule has 0 radical (unpaired) electrons. The second kappa shape index (κ2) is 16.3. The van der Waals surface area contributed by atoms with Gasteiger partial charge < -0.3 is 28.8 Å². The van der Waals surface area contributed by atoms with Gasteiger partial charge in [-0.25, -0.2) is 0 Å². The van der Waals surface area contributed by atoms with Crippen LogP contribution in [0.25, 0.3) is 0 Å². The van der Waals surface area contributed by atoms with E-state index >= 15 is 0 Å². The minimum atomic E-state index is -1.05. The van der Waals surface area contributed by atoms with Gasteiger partial charge in [0.15, 0.2) is 4.93 Å². The van der Waals surface area contributed by atoms with Crippen molar-refractivity contribution in [3.8, 4) is 5.75 Å². The molecule has 51 heavy (non-hydrogen) atoms. The first-order valence-electron chi connectivity index (χ1n) is 17.4. The monoisotopic (exact) mass is 722 g/mol. The van der Waals surface area contributed by atoms with Crippen LogP contribution in [-0.4, -0.2) is 48.0 Å². The summed E-state index contributed by atoms with van der Waals surface area (Å²) < 4.78 is 33.5. The molecule has 6 nitrogen and oxygen atoms in total. The standard InChI is InChI=1S/C43H43ClO6S/c1-2-46-37-21-18-31(19-22-37)24-35-25-36(20-23-38(35)44)43-41(49-28-34-16-10-5-11-17-34)39(47-26-32-12-6-3-7-13-32)40(42(29-45,50-43)30-51-43)48-27-33-14-8-4-9-15-33/h3-23,25,39-41,45H,2,24,26-30H2,1H3/t39-,40-,41+,42-,43+/m0/s1. The minimum Gasteiger partial charge on any atom is -0.494 e. The van der Waals surface area contributed by atoms with E-state index in [0.29, 0.717) is 43.6 Å². The van der Waals surface area contributed by atoms with Crippen LogP contribution in [0.2, 0.25) is 5.02 Å². The first-order valence-corrected chi connectivity index (χ1v) is 18.8. The predicted octanol–water partition coefficient (Wildman–Crippen LogP) is 8.75. The largest absolute Gasteiger partial charge is 0.494 e. The number of aliphatic hydroxyl groups excluding tert-OH is 1. The molecule has 2 heterocycles. The average molecular weight is 723 g/mol. The molecule has 5 atom stereocenters. The molecular formula is C43H43ClO6S. The molecule has 5 aromatic rings. The molecule has 2 aliphatic rings. The van der Waals surface area contributed by atoms with E-state index in [2.05, 4.69) is 30.3 Å². The van der Waals surface area contributed by atoms with E-state index < -0.39 is 28.8 Å². The lowest BCUT2D eigenvalue weighted by Gasteiger charge is -2.51. The van der Waals surface area contributed by atoms with Gasteiger partial charge in [-0.2, -0.15) is 0 Å². The molecule has 5 aromatic carbocycles. The quantitative estimate of drug-likeness (QED) is 0.116. The molecule has 2 aliphatic heterocycles. The molecule has 0 aliphatic carbocycles. The van der Waals surface area contributed by atoms with Crippen LogP contribution in [0.5, 0.6) is 5.75 Å². The summed E-state index contributed by atoms with van der Waals surface area (Å²) in [5, 5.41) is 11.9. The Morgan fingerprint density at radius 1 is 0.706 bits per heavy atom. The van der Waals surface area contributed by atoms with Crippen LogP contribution in [0.3, 0.4) is 0 Å². The second-order valence-electron chi connectivity index (χ2n) is 13.0. The number of rotatable bonds is 15. The topological polar surface area (TPSA) is 66.4 Å². The summed E-state index contributed by atoms with van der Waals surface area (Å²) in [6.45, 7) is 3.36. The maximum Gasteiger partial charge on any atom is 0.169 e. The number of ether oxygens (including phenoxy) is 5. The Morgan fingerprint density at radius 2 is 1.27 bits per heavy atom. The van der Waals surface area contributed by atoms with E-state index in [4.69, 9.17) is 35.3 Å². The average Bonchev–Trinajstić information content (AvgIpc) is 3.54. The normalized spacial score (nSPS) is 24.0. The molecule has 0 amide bonds. The number of fused-ring (bicyclic) bond motifs is 2. The van der Waals surface area contributed by atoms with E-state index in [1.165, 1.54) is 0 Å². The van der Waals surface area contributed by atoms with Gasteiger partial charge in [0.25, 0.3) is 0 Å². The van der Waals surface area contributed by atoms with Crippen molar-refractivity contribution in [2.45, 2.75) is 62.0 Å². The van der Waals surface area contributed by atoms with Crippen LogP contribution in [-0.2, 0) is 50.1 Å². The molecule has 0 spiro atoms. The molecule has 8 heteroatoms. The van der Waals surface area contributed by atoms with Crippen LogP contribution in [0.1, 0.15) is 40.3 Å². The first-order chi connectivity index (χ1) is 25.0. The van der Waals surface area contributed by atoms with Gasteiger partial charge in [0.1, 0.15) is 29.7 Å². The van der Waals surface area contributed by atoms with Gasteiger partial charge in [-0.15, -0.1) is 11.8 Å². The zero-order valence-corrected chi connectivity index (χ0v) is 30.2. The van der Waals surface area contributed by atoms with Crippen molar-refractivity contribution in [1.29, 1.82) is 0 Å². The van der Waals surface area contributed by atoms with Crippen molar-refractivity contribution in [3.63, 3.8) is 0 Å². The van der Waals surface area contributed by atoms with E-state index in [1.807, 2.05) is 110 Å². The SMILES string of the molecule is CCOc1ccc(Cc2cc([C@@]34O[C@@](CO)(CS3)[C@@H](OCc3ccccc3)[C@H](OCc3ccccc3)[C@H]4OCc3ccccc3)ccc2Cl)cc1. The number of benzene rings is 5. The third-order valence-corrected chi connectivity index (χ3v) is 11.5. The summed E-state index contributed by atoms with van der Waals surface area (Å²) in [6.07, 6.45) is -1.23. The Morgan fingerprint density at radius 3 is 1.84 bits per heavy atom. The summed E-state index contributed by atoms with van der Waals surface area (Å²) in [4.78, 5) is -1.02. The Bertz CT molecular complexity index is 1840. The van der Waals surface area contributed by atoms with E-state index in [0.717, 1.165) is 39.1 Å². The molecule has 2 saturated heterocycles. The van der Waals surface area contributed by atoms with Gasteiger partial charge in [0, 0.05) is 10.8 Å². The fraction of sp³-hybridized carbons (Fsp3) is 0.302. The van der Waals surface area contributed by atoms with Crippen molar-refractivity contribution in [2.75, 3.05) is 19.0 Å². The number of hydrogen-bond acceptors (Lipinski definition) is 7. The van der Waals surface area contributed by atoms with Crippen molar-refractivity contribution < 1.29 is 28.8 Å². The van der Waals surface area contributed by atoms with Crippen LogP contribution in [0.15, 0.2) is 133 Å². The van der Waals surface area contributed by atoms with Crippen LogP contribution in [0, 0.1) is 0 Å². The van der Waals surface area contributed by atoms with Gasteiger partial charge in [0.2, 0.25) is 0 Å². The molecular weight excluding hydrogens is 680 g/mol. The summed E-state index contributed by atoms with van der Waals surface area (Å²) in [7, 11) is 0. The fourth-order valence-corrected chi connectivity index (χ4v) is 8.79. The van der Waals surface area contributed by atoms with Gasteiger partial charge in [0.05, 0.1) is 33.0 Å². The third kappa shape index (κ3) is 7.91. The van der Waals surface area contributed by atoms with Gasteiger partial charge >= 0.3 is 0 Å². The molecule has 2 fully saturated rings. The Hall–Kier alpha value is -3.66. The number of halogens is 1. The van der Waals surface area contributed by atoms with Crippen molar-refractivity contribution in [1.82, 2.24) is 0 Å². The number of hydrogen-bond donors (Lipinski definition) is 1. The Balaban J connectivity index is 1.28.